The third-order valence-electron chi connectivity index (χ3n) is 2.39. The number of carbonyl (C=O) groups excluding carboxylic acids is 1. The molecule has 0 aliphatic carbocycles. The molecule has 88 valence electrons. The molecule has 1 aromatic carbocycles. The van der Waals surface area contributed by atoms with Crippen LogP contribution in [0.1, 0.15) is 10.4 Å². The van der Waals surface area contributed by atoms with Gasteiger partial charge in [0.25, 0.3) is 5.91 Å². The molecule has 0 fully saturated rings. The number of anilines is 2. The lowest BCUT2D eigenvalue weighted by molar-refractivity contribution is 0.100. The largest absolute Gasteiger partial charge is 0.396 e. The summed E-state index contributed by atoms with van der Waals surface area (Å²) in [5, 5.41) is 0. The number of carbonyl (C=O) groups is 1. The second-order valence-electron chi connectivity index (χ2n) is 3.52. The zero-order valence-corrected chi connectivity index (χ0v) is 9.56. The molecule has 0 saturated carbocycles. The summed E-state index contributed by atoms with van der Waals surface area (Å²) in [6.45, 7) is 1.29. The van der Waals surface area contributed by atoms with E-state index in [-0.39, 0.29) is 0 Å². The van der Waals surface area contributed by atoms with Crippen molar-refractivity contribution in [3.63, 3.8) is 0 Å². The molecule has 1 aromatic rings. The Morgan fingerprint density at radius 1 is 1.50 bits per heavy atom. The quantitative estimate of drug-likeness (QED) is 0.710. The van der Waals surface area contributed by atoms with Gasteiger partial charge in [-0.15, -0.1) is 0 Å². The van der Waals surface area contributed by atoms with Crippen molar-refractivity contribution >= 4 is 17.3 Å². The molecule has 5 nitrogen and oxygen atoms in total. The number of primary amides is 1. The molecule has 0 saturated heterocycles. The van der Waals surface area contributed by atoms with Gasteiger partial charge in [-0.3, -0.25) is 4.79 Å². The first-order valence-electron chi connectivity index (χ1n) is 4.96. The first-order valence-corrected chi connectivity index (χ1v) is 4.96. The van der Waals surface area contributed by atoms with E-state index in [9.17, 15) is 4.79 Å². The van der Waals surface area contributed by atoms with Crippen molar-refractivity contribution < 1.29 is 9.53 Å². The van der Waals surface area contributed by atoms with Crippen LogP contribution in [0.3, 0.4) is 0 Å². The van der Waals surface area contributed by atoms with Gasteiger partial charge >= 0.3 is 0 Å². The maximum atomic E-state index is 11.1. The maximum absolute atomic E-state index is 11.1. The van der Waals surface area contributed by atoms with Gasteiger partial charge in [0, 0.05) is 20.7 Å². The number of likely N-dealkylation sites (N-methyl/N-ethyl adjacent to an activating group) is 1. The van der Waals surface area contributed by atoms with Crippen LogP contribution in [0.4, 0.5) is 11.4 Å². The number of benzene rings is 1. The first kappa shape index (κ1) is 12.3. The highest BCUT2D eigenvalue weighted by atomic mass is 16.5. The average Bonchev–Trinajstić information content (AvgIpc) is 2.25. The van der Waals surface area contributed by atoms with Crippen LogP contribution in [0.2, 0.25) is 0 Å². The van der Waals surface area contributed by atoms with E-state index in [1.807, 2.05) is 18.0 Å². The minimum Gasteiger partial charge on any atom is -0.396 e. The molecule has 0 unspecified atom stereocenters. The Morgan fingerprint density at radius 2 is 2.19 bits per heavy atom. The van der Waals surface area contributed by atoms with Crippen molar-refractivity contribution in [1.82, 2.24) is 0 Å². The van der Waals surface area contributed by atoms with Crippen molar-refractivity contribution in [3.05, 3.63) is 23.8 Å². The topological polar surface area (TPSA) is 81.6 Å². The summed E-state index contributed by atoms with van der Waals surface area (Å²) in [7, 11) is 3.52. The number of para-hydroxylation sites is 1. The van der Waals surface area contributed by atoms with Gasteiger partial charge in [0.1, 0.15) is 0 Å². The first-order chi connectivity index (χ1) is 7.57. The monoisotopic (exact) mass is 223 g/mol. The van der Waals surface area contributed by atoms with Gasteiger partial charge < -0.3 is 21.1 Å². The Labute approximate surface area is 95.0 Å². The summed E-state index contributed by atoms with van der Waals surface area (Å²) >= 11 is 0. The molecule has 0 aromatic heterocycles. The van der Waals surface area contributed by atoms with Gasteiger partial charge in [-0.05, 0) is 12.1 Å². The summed E-state index contributed by atoms with van der Waals surface area (Å²) in [5.41, 5.74) is 12.6. The highest BCUT2D eigenvalue weighted by molar-refractivity contribution is 6.00. The smallest absolute Gasteiger partial charge is 0.250 e. The van der Waals surface area contributed by atoms with E-state index in [4.69, 9.17) is 16.2 Å². The van der Waals surface area contributed by atoms with Gasteiger partial charge in [0.15, 0.2) is 0 Å². The number of nitrogen functional groups attached to an aromatic ring is 1. The molecule has 16 heavy (non-hydrogen) atoms. The highest BCUT2D eigenvalue weighted by Gasteiger charge is 2.11. The van der Waals surface area contributed by atoms with E-state index in [2.05, 4.69) is 0 Å². The van der Waals surface area contributed by atoms with E-state index in [0.717, 1.165) is 5.69 Å². The fourth-order valence-electron chi connectivity index (χ4n) is 1.45. The van der Waals surface area contributed by atoms with Crippen LogP contribution in [0.25, 0.3) is 0 Å². The minimum atomic E-state index is -0.514. The molecule has 0 bridgehead atoms. The van der Waals surface area contributed by atoms with Crippen molar-refractivity contribution in [3.8, 4) is 0 Å². The summed E-state index contributed by atoms with van der Waals surface area (Å²) < 4.78 is 4.98. The second-order valence-corrected chi connectivity index (χ2v) is 3.52. The number of nitrogens with two attached hydrogens (primary N) is 2. The fourth-order valence-corrected chi connectivity index (χ4v) is 1.45. The predicted molar refractivity (Wildman–Crippen MR) is 64.5 cm³/mol. The van der Waals surface area contributed by atoms with Crippen LogP contribution in [0.15, 0.2) is 18.2 Å². The Morgan fingerprint density at radius 3 is 2.75 bits per heavy atom. The normalized spacial score (nSPS) is 10.1. The summed E-state index contributed by atoms with van der Waals surface area (Å²) in [5.74, 6) is -0.514. The molecule has 0 atom stereocenters. The SMILES string of the molecule is COCCN(C)c1cccc(C(N)=O)c1N. The van der Waals surface area contributed by atoms with E-state index in [0.29, 0.717) is 24.4 Å². The molecular weight excluding hydrogens is 206 g/mol. The zero-order chi connectivity index (χ0) is 12.1. The standard InChI is InChI=1S/C11H17N3O2/c1-14(6-7-16-2)9-5-3-4-8(10(9)12)11(13)15/h3-5H,6-7,12H2,1-2H3,(H2,13,15). The van der Waals surface area contributed by atoms with Gasteiger partial charge in [-0.1, -0.05) is 6.07 Å². The summed E-state index contributed by atoms with van der Waals surface area (Å²) in [6.07, 6.45) is 0. The second kappa shape index (κ2) is 5.37. The third kappa shape index (κ3) is 2.64. The van der Waals surface area contributed by atoms with Crippen LogP contribution < -0.4 is 16.4 Å². The molecule has 0 aliphatic heterocycles. The third-order valence-corrected chi connectivity index (χ3v) is 2.39. The fraction of sp³-hybridized carbons (Fsp3) is 0.364. The number of hydrogen-bond acceptors (Lipinski definition) is 4. The molecule has 1 amide bonds. The Balaban J connectivity index is 2.96. The van der Waals surface area contributed by atoms with Crippen molar-refractivity contribution in [1.29, 1.82) is 0 Å². The minimum absolute atomic E-state index is 0.349. The highest BCUT2D eigenvalue weighted by Crippen LogP contribution is 2.25. The van der Waals surface area contributed by atoms with Crippen LogP contribution in [0, 0.1) is 0 Å². The van der Waals surface area contributed by atoms with Gasteiger partial charge in [-0.25, -0.2) is 0 Å². The Kier molecular flexibility index (Phi) is 4.13. The molecular formula is C11H17N3O2. The van der Waals surface area contributed by atoms with Crippen molar-refractivity contribution in [2.24, 2.45) is 5.73 Å². The lowest BCUT2D eigenvalue weighted by atomic mass is 10.1. The number of hydrogen-bond donors (Lipinski definition) is 2. The summed E-state index contributed by atoms with van der Waals surface area (Å²) in [6, 6.07) is 5.22. The van der Waals surface area contributed by atoms with Crippen LogP contribution in [-0.2, 0) is 4.74 Å². The molecule has 0 radical (unpaired) electrons. The molecule has 5 heteroatoms. The maximum Gasteiger partial charge on any atom is 0.250 e. The van der Waals surface area contributed by atoms with E-state index in [1.54, 1.807) is 19.2 Å². The Bertz CT molecular complexity index is 379. The van der Waals surface area contributed by atoms with E-state index >= 15 is 0 Å². The Hall–Kier alpha value is -1.75. The van der Waals surface area contributed by atoms with E-state index < -0.39 is 5.91 Å². The van der Waals surface area contributed by atoms with Gasteiger partial charge in [0.2, 0.25) is 0 Å². The number of ether oxygens (including phenoxy) is 1. The van der Waals surface area contributed by atoms with Gasteiger partial charge in [-0.2, -0.15) is 0 Å². The number of rotatable bonds is 5. The lowest BCUT2D eigenvalue weighted by Crippen LogP contribution is -2.24. The number of methoxy groups -OCH3 is 1. The predicted octanol–water partition coefficient (Wildman–Crippen LogP) is 0.450. The van der Waals surface area contributed by atoms with E-state index in [1.165, 1.54) is 0 Å². The van der Waals surface area contributed by atoms with Crippen molar-refractivity contribution in [2.45, 2.75) is 0 Å². The molecule has 0 spiro atoms. The van der Waals surface area contributed by atoms with Crippen LogP contribution in [0.5, 0.6) is 0 Å². The van der Waals surface area contributed by atoms with Crippen LogP contribution in [-0.4, -0.2) is 33.2 Å². The summed E-state index contributed by atoms with van der Waals surface area (Å²) in [4.78, 5) is 13.0. The molecule has 1 rings (SSSR count). The number of amides is 1. The zero-order valence-electron chi connectivity index (χ0n) is 9.56. The lowest BCUT2D eigenvalue weighted by Gasteiger charge is -2.21. The number of nitrogens with zero attached hydrogens (tertiary/aromatic N) is 1. The van der Waals surface area contributed by atoms with Crippen LogP contribution >= 0.6 is 0 Å². The van der Waals surface area contributed by atoms with Crippen molar-refractivity contribution in [2.75, 3.05) is 37.9 Å². The van der Waals surface area contributed by atoms with Gasteiger partial charge in [0.05, 0.1) is 23.5 Å². The molecule has 0 aliphatic rings. The average molecular weight is 223 g/mol. The molecule has 0 heterocycles. The molecule has 4 N–H and O–H groups in total.